The van der Waals surface area contributed by atoms with Crippen molar-refractivity contribution in [1.29, 1.82) is 0 Å². The molecule has 0 saturated carbocycles. The Bertz CT molecular complexity index is 365. The van der Waals surface area contributed by atoms with Crippen LogP contribution in [0.25, 0.3) is 0 Å². The SMILES string of the molecule is CNCC1COCCN1C(=O)CCc1cccs1. The van der Waals surface area contributed by atoms with Gasteiger partial charge in [0, 0.05) is 24.4 Å². The Hall–Kier alpha value is -0.910. The molecule has 1 atom stereocenters. The zero-order valence-electron chi connectivity index (χ0n) is 10.7. The first-order valence-electron chi connectivity index (χ1n) is 6.35. The highest BCUT2D eigenvalue weighted by atomic mass is 32.1. The van der Waals surface area contributed by atoms with Crippen LogP contribution in [0.1, 0.15) is 11.3 Å². The van der Waals surface area contributed by atoms with Gasteiger partial charge in [-0.05, 0) is 24.9 Å². The second-order valence-corrected chi connectivity index (χ2v) is 5.49. The number of carbonyl (C=O) groups is 1. The quantitative estimate of drug-likeness (QED) is 0.870. The predicted octanol–water partition coefficient (Wildman–Crippen LogP) is 1.13. The number of hydrogen-bond donors (Lipinski definition) is 1. The molecule has 5 heteroatoms. The molecule has 1 aromatic heterocycles. The molecule has 0 aromatic carbocycles. The van der Waals surface area contributed by atoms with Crippen LogP contribution in [0.4, 0.5) is 0 Å². The molecule has 0 aliphatic carbocycles. The van der Waals surface area contributed by atoms with Gasteiger partial charge in [0.2, 0.25) is 5.91 Å². The molecule has 0 radical (unpaired) electrons. The minimum Gasteiger partial charge on any atom is -0.377 e. The van der Waals surface area contributed by atoms with Crippen LogP contribution in [0.5, 0.6) is 0 Å². The van der Waals surface area contributed by atoms with E-state index in [9.17, 15) is 4.79 Å². The molecule has 1 amide bonds. The molecule has 1 aliphatic rings. The number of rotatable bonds is 5. The fraction of sp³-hybridized carbons (Fsp3) is 0.615. The summed E-state index contributed by atoms with van der Waals surface area (Å²) in [6, 6.07) is 4.30. The van der Waals surface area contributed by atoms with Crippen LogP contribution in [0, 0.1) is 0 Å². The summed E-state index contributed by atoms with van der Waals surface area (Å²) in [6.07, 6.45) is 1.45. The predicted molar refractivity (Wildman–Crippen MR) is 72.9 cm³/mol. The van der Waals surface area contributed by atoms with Crippen LogP contribution in [0.15, 0.2) is 17.5 Å². The van der Waals surface area contributed by atoms with Gasteiger partial charge in [-0.2, -0.15) is 0 Å². The van der Waals surface area contributed by atoms with Gasteiger partial charge in [-0.3, -0.25) is 4.79 Å². The van der Waals surface area contributed by atoms with Crippen LogP contribution < -0.4 is 5.32 Å². The molecule has 18 heavy (non-hydrogen) atoms. The van der Waals surface area contributed by atoms with E-state index in [-0.39, 0.29) is 11.9 Å². The lowest BCUT2D eigenvalue weighted by Crippen LogP contribution is -2.52. The van der Waals surface area contributed by atoms with E-state index < -0.39 is 0 Å². The molecule has 1 saturated heterocycles. The first-order valence-corrected chi connectivity index (χ1v) is 7.23. The van der Waals surface area contributed by atoms with Gasteiger partial charge < -0.3 is 15.0 Å². The molecule has 1 N–H and O–H groups in total. The van der Waals surface area contributed by atoms with Crippen molar-refractivity contribution in [1.82, 2.24) is 10.2 Å². The minimum atomic E-state index is 0.180. The summed E-state index contributed by atoms with van der Waals surface area (Å²) in [5.74, 6) is 0.243. The van der Waals surface area contributed by atoms with Crippen LogP contribution in [0.3, 0.4) is 0 Å². The number of carbonyl (C=O) groups excluding carboxylic acids is 1. The van der Waals surface area contributed by atoms with Gasteiger partial charge in [-0.15, -0.1) is 11.3 Å². The van der Waals surface area contributed by atoms with E-state index in [2.05, 4.69) is 16.8 Å². The molecule has 4 nitrogen and oxygen atoms in total. The lowest BCUT2D eigenvalue weighted by atomic mass is 10.1. The van der Waals surface area contributed by atoms with Gasteiger partial charge in [-0.25, -0.2) is 0 Å². The third-order valence-electron chi connectivity index (χ3n) is 3.15. The van der Waals surface area contributed by atoms with E-state index in [0.717, 1.165) is 19.5 Å². The molecule has 0 spiro atoms. The maximum atomic E-state index is 12.2. The number of morpholine rings is 1. The summed E-state index contributed by atoms with van der Waals surface area (Å²) in [7, 11) is 1.91. The molecule has 1 fully saturated rings. The molecule has 1 aromatic rings. The Balaban J connectivity index is 1.85. The first-order chi connectivity index (χ1) is 8.81. The van der Waals surface area contributed by atoms with Gasteiger partial charge in [-0.1, -0.05) is 6.07 Å². The molecule has 1 aliphatic heterocycles. The highest BCUT2D eigenvalue weighted by Gasteiger charge is 2.26. The van der Waals surface area contributed by atoms with Gasteiger partial charge in [0.1, 0.15) is 0 Å². The maximum Gasteiger partial charge on any atom is 0.223 e. The third kappa shape index (κ3) is 3.54. The summed E-state index contributed by atoms with van der Waals surface area (Å²) in [5.41, 5.74) is 0. The van der Waals surface area contributed by atoms with Crippen molar-refractivity contribution in [3.05, 3.63) is 22.4 Å². The number of likely N-dealkylation sites (N-methyl/N-ethyl adjacent to an activating group) is 1. The summed E-state index contributed by atoms with van der Waals surface area (Å²) in [6.45, 7) is 2.82. The van der Waals surface area contributed by atoms with Gasteiger partial charge in [0.15, 0.2) is 0 Å². The lowest BCUT2D eigenvalue weighted by molar-refractivity contribution is -0.139. The van der Waals surface area contributed by atoms with E-state index in [0.29, 0.717) is 19.6 Å². The molecular formula is C13H20N2O2S. The molecular weight excluding hydrogens is 248 g/mol. The van der Waals surface area contributed by atoms with Crippen molar-refractivity contribution >= 4 is 17.2 Å². The van der Waals surface area contributed by atoms with Gasteiger partial charge >= 0.3 is 0 Å². The number of hydrogen-bond acceptors (Lipinski definition) is 4. The Labute approximate surface area is 112 Å². The first kappa shape index (κ1) is 13.5. The zero-order valence-corrected chi connectivity index (χ0v) is 11.5. The summed E-state index contributed by atoms with van der Waals surface area (Å²) in [4.78, 5) is 15.5. The highest BCUT2D eigenvalue weighted by molar-refractivity contribution is 7.09. The highest BCUT2D eigenvalue weighted by Crippen LogP contribution is 2.14. The van der Waals surface area contributed by atoms with E-state index >= 15 is 0 Å². The second-order valence-electron chi connectivity index (χ2n) is 4.45. The molecule has 2 heterocycles. The van der Waals surface area contributed by atoms with Crippen molar-refractivity contribution < 1.29 is 9.53 Å². The van der Waals surface area contributed by atoms with Crippen molar-refractivity contribution in [2.45, 2.75) is 18.9 Å². The third-order valence-corrected chi connectivity index (χ3v) is 4.09. The largest absolute Gasteiger partial charge is 0.377 e. The average Bonchev–Trinajstić information content (AvgIpc) is 2.90. The summed E-state index contributed by atoms with van der Waals surface area (Å²) >= 11 is 1.71. The molecule has 2 rings (SSSR count). The summed E-state index contributed by atoms with van der Waals surface area (Å²) in [5, 5.41) is 5.17. The van der Waals surface area contributed by atoms with Crippen LogP contribution in [0.2, 0.25) is 0 Å². The lowest BCUT2D eigenvalue weighted by Gasteiger charge is -2.35. The van der Waals surface area contributed by atoms with E-state index in [1.54, 1.807) is 11.3 Å². The zero-order chi connectivity index (χ0) is 12.8. The second kappa shape index (κ2) is 6.87. The van der Waals surface area contributed by atoms with Gasteiger partial charge in [0.25, 0.3) is 0 Å². The van der Waals surface area contributed by atoms with Crippen molar-refractivity contribution in [3.63, 3.8) is 0 Å². The van der Waals surface area contributed by atoms with Crippen LogP contribution in [-0.2, 0) is 16.0 Å². The minimum absolute atomic E-state index is 0.180. The van der Waals surface area contributed by atoms with Crippen LogP contribution >= 0.6 is 11.3 Å². The van der Waals surface area contributed by atoms with Gasteiger partial charge in [0.05, 0.1) is 19.3 Å². The number of aryl methyl sites for hydroxylation is 1. The Morgan fingerprint density at radius 1 is 1.67 bits per heavy atom. The van der Waals surface area contributed by atoms with Crippen molar-refractivity contribution in [2.75, 3.05) is 33.4 Å². The standard InChI is InChI=1S/C13H20N2O2S/c1-14-9-11-10-17-7-6-15(11)13(16)5-4-12-3-2-8-18-12/h2-3,8,11,14H,4-7,9-10H2,1H3. The van der Waals surface area contributed by atoms with E-state index in [1.807, 2.05) is 18.0 Å². The fourth-order valence-electron chi connectivity index (χ4n) is 2.22. The monoisotopic (exact) mass is 268 g/mol. The van der Waals surface area contributed by atoms with E-state index in [1.165, 1.54) is 4.88 Å². The average molecular weight is 268 g/mol. The number of nitrogens with one attached hydrogen (secondary N) is 1. The van der Waals surface area contributed by atoms with Crippen molar-refractivity contribution in [3.8, 4) is 0 Å². The number of ether oxygens (including phenoxy) is 1. The maximum absolute atomic E-state index is 12.2. The van der Waals surface area contributed by atoms with Crippen LogP contribution in [-0.4, -0.2) is 50.2 Å². The Morgan fingerprint density at radius 3 is 3.28 bits per heavy atom. The number of thiophene rings is 1. The Morgan fingerprint density at radius 2 is 2.56 bits per heavy atom. The summed E-state index contributed by atoms with van der Waals surface area (Å²) < 4.78 is 5.43. The molecule has 0 bridgehead atoms. The van der Waals surface area contributed by atoms with E-state index in [4.69, 9.17) is 4.74 Å². The smallest absolute Gasteiger partial charge is 0.223 e. The molecule has 1 unspecified atom stereocenters. The number of nitrogens with zero attached hydrogens (tertiary/aromatic N) is 1. The fourth-order valence-corrected chi connectivity index (χ4v) is 2.93. The topological polar surface area (TPSA) is 41.6 Å². The Kier molecular flexibility index (Phi) is 5.16. The molecule has 100 valence electrons. The number of amides is 1. The normalized spacial score (nSPS) is 20.1. The van der Waals surface area contributed by atoms with Crippen molar-refractivity contribution in [2.24, 2.45) is 0 Å².